The summed E-state index contributed by atoms with van der Waals surface area (Å²) in [5.74, 6) is 2.63. The number of nitrogens with zero attached hydrogens (tertiary/aromatic N) is 3. The summed E-state index contributed by atoms with van der Waals surface area (Å²) >= 11 is 4.85. The van der Waals surface area contributed by atoms with Gasteiger partial charge in [0.15, 0.2) is 17.4 Å². The van der Waals surface area contributed by atoms with Gasteiger partial charge in [0, 0.05) is 25.3 Å². The number of anilines is 2. The summed E-state index contributed by atoms with van der Waals surface area (Å²) in [7, 11) is 0. The van der Waals surface area contributed by atoms with E-state index in [1.807, 2.05) is 12.1 Å². The Hall–Kier alpha value is -2.06. The van der Waals surface area contributed by atoms with Gasteiger partial charge >= 0.3 is 0 Å². The number of nitrogens with one attached hydrogen (secondary N) is 2. The third-order valence-electron chi connectivity index (χ3n) is 3.78. The van der Waals surface area contributed by atoms with E-state index >= 15 is 0 Å². The smallest absolute Gasteiger partial charge is 0.171 e. The highest BCUT2D eigenvalue weighted by molar-refractivity contribution is 9.10. The molecule has 0 saturated heterocycles. The molecule has 3 heterocycles. The van der Waals surface area contributed by atoms with E-state index in [1.165, 1.54) is 24.2 Å². The van der Waals surface area contributed by atoms with Crippen molar-refractivity contribution in [2.45, 2.75) is 25.7 Å². The molecule has 0 radical (unpaired) electrons. The summed E-state index contributed by atoms with van der Waals surface area (Å²) in [5.41, 5.74) is 1.16. The van der Waals surface area contributed by atoms with E-state index in [2.05, 4.69) is 41.4 Å². The largest absolute Gasteiger partial charge is 0.322 e. The number of carbonyl (C=O) groups excluding carboxylic acids is 1. The van der Waals surface area contributed by atoms with Crippen LogP contribution in [0.3, 0.4) is 0 Å². The number of carbonyl (C=O) groups is 1. The van der Waals surface area contributed by atoms with Gasteiger partial charge in [0.25, 0.3) is 0 Å². The summed E-state index contributed by atoms with van der Waals surface area (Å²) in [4.78, 5) is 21.9. The summed E-state index contributed by atoms with van der Waals surface area (Å²) in [5, 5.41) is 10.6. The Morgan fingerprint density at radius 3 is 3.00 bits per heavy atom. The minimum absolute atomic E-state index is 0. The number of hydrogen-bond donors (Lipinski definition) is 2. The van der Waals surface area contributed by atoms with E-state index < -0.39 is 0 Å². The van der Waals surface area contributed by atoms with Gasteiger partial charge in [-0.15, -0.1) is 11.3 Å². The van der Waals surface area contributed by atoms with Crippen LogP contribution in [0.25, 0.3) is 10.7 Å². The molecular formula is C16H16BrN5OS. The molecule has 1 saturated carbocycles. The fourth-order valence-electron chi connectivity index (χ4n) is 2.35. The molecule has 0 unspecified atom stereocenters. The Bertz CT molecular complexity index is 921. The van der Waals surface area contributed by atoms with Crippen LogP contribution in [0.4, 0.5) is 11.6 Å². The predicted octanol–water partition coefficient (Wildman–Crippen LogP) is 4.76. The van der Waals surface area contributed by atoms with Crippen molar-refractivity contribution < 1.29 is 6.22 Å². The molecule has 3 aromatic heterocycles. The molecule has 2 N–H and O–H groups in total. The van der Waals surface area contributed by atoms with E-state index in [0.717, 1.165) is 20.9 Å². The minimum atomic E-state index is 0. The molecular weight excluding hydrogens is 390 g/mol. The van der Waals surface area contributed by atoms with Crippen molar-refractivity contribution in [1.82, 2.24) is 20.2 Å². The number of H-pyrrole nitrogens is 1. The molecule has 0 aliphatic heterocycles. The highest BCUT2D eigenvalue weighted by Crippen LogP contribution is 2.40. The molecule has 4 rings (SSSR count). The molecule has 3 aromatic rings. The zero-order valence-corrected chi connectivity index (χ0v) is 15.2. The highest BCUT2D eigenvalue weighted by atomic mass is 79.9. The molecule has 0 amide bonds. The van der Waals surface area contributed by atoms with Gasteiger partial charge in [-0.2, -0.15) is 5.10 Å². The van der Waals surface area contributed by atoms with E-state index in [1.54, 1.807) is 19.2 Å². The van der Waals surface area contributed by atoms with Crippen LogP contribution >= 0.6 is 27.3 Å². The van der Waals surface area contributed by atoms with Crippen molar-refractivity contribution in [3.05, 3.63) is 39.4 Å². The zero-order chi connectivity index (χ0) is 16.7. The van der Waals surface area contributed by atoms with Crippen LogP contribution in [0.1, 0.15) is 42.5 Å². The average Bonchev–Trinajstić information content (AvgIpc) is 3.10. The fraction of sp³-hybridized carbons (Fsp3) is 0.250. The van der Waals surface area contributed by atoms with Crippen molar-refractivity contribution in [3.63, 3.8) is 0 Å². The Morgan fingerprint density at radius 2 is 2.29 bits per heavy atom. The molecule has 8 heteroatoms. The van der Waals surface area contributed by atoms with Gasteiger partial charge in [-0.05, 0) is 47.8 Å². The molecule has 0 atom stereocenters. The number of ketones is 1. The Kier molecular flexibility index (Phi) is 3.93. The zero-order valence-electron chi connectivity index (χ0n) is 12.8. The van der Waals surface area contributed by atoms with Crippen molar-refractivity contribution >= 4 is 44.7 Å². The Labute approximate surface area is 152 Å². The molecule has 0 bridgehead atoms. The second kappa shape index (κ2) is 6.10. The minimum Gasteiger partial charge on any atom is -0.322 e. The van der Waals surface area contributed by atoms with Crippen molar-refractivity contribution in [3.8, 4) is 10.7 Å². The molecule has 1 aliphatic carbocycles. The topological polar surface area (TPSA) is 83.6 Å². The average molecular weight is 406 g/mol. The Morgan fingerprint density at radius 1 is 1.46 bits per heavy atom. The number of hydrogen-bond acceptors (Lipinski definition) is 6. The lowest BCUT2D eigenvalue weighted by Gasteiger charge is -2.05. The van der Waals surface area contributed by atoms with Crippen molar-refractivity contribution in [2.75, 3.05) is 5.32 Å². The number of Topliss-reactive ketones (excluding diaryl/α,β-unsaturated/α-hetero) is 1. The monoisotopic (exact) mass is 405 g/mol. The van der Waals surface area contributed by atoms with Crippen molar-refractivity contribution in [1.29, 1.82) is 0 Å². The predicted molar refractivity (Wildman–Crippen MR) is 99.0 cm³/mol. The molecule has 1 fully saturated rings. The van der Waals surface area contributed by atoms with Crippen LogP contribution in [-0.4, -0.2) is 25.9 Å². The van der Waals surface area contributed by atoms with Crippen LogP contribution in [0.2, 0.25) is 0 Å². The normalized spacial score (nSPS) is 13.9. The lowest BCUT2D eigenvalue weighted by molar-refractivity contribution is 0.102. The molecule has 24 heavy (non-hydrogen) atoms. The van der Waals surface area contributed by atoms with Crippen LogP contribution in [0, 0.1) is 0 Å². The first kappa shape index (κ1) is 15.5. The van der Waals surface area contributed by atoms with Gasteiger partial charge in [0.1, 0.15) is 5.82 Å². The molecule has 124 valence electrons. The first-order chi connectivity index (χ1) is 11.6. The van der Waals surface area contributed by atoms with Gasteiger partial charge in [-0.3, -0.25) is 9.89 Å². The third-order valence-corrected chi connectivity index (χ3v) is 5.54. The van der Waals surface area contributed by atoms with Gasteiger partial charge in [0.2, 0.25) is 0 Å². The quantitative estimate of drug-likeness (QED) is 0.597. The molecule has 0 spiro atoms. The van der Waals surface area contributed by atoms with Gasteiger partial charge in [-0.25, -0.2) is 9.97 Å². The number of halogens is 1. The maximum Gasteiger partial charge on any atom is 0.171 e. The lowest BCUT2D eigenvalue weighted by atomic mass is 10.3. The summed E-state index contributed by atoms with van der Waals surface area (Å²) in [6.07, 6.45) is 4.14. The second-order valence-electron chi connectivity index (χ2n) is 5.72. The number of rotatable bonds is 5. The first-order valence-corrected chi connectivity index (χ1v) is 9.17. The maximum atomic E-state index is 11.5. The van der Waals surface area contributed by atoms with Gasteiger partial charge < -0.3 is 5.32 Å². The molecule has 1 aliphatic rings. The standard InChI is InChI=1S/C16H14BrN5OS.H2/c1-8(23)12-4-5-13(24-12)16-18-7-10(17)15(20-16)19-14-6-11(21-22-14)9-2-3-9;/h4-7,9H,2-3H2,1H3,(H2,18,19,20,21,22);1H. The summed E-state index contributed by atoms with van der Waals surface area (Å²) < 4.78 is 0.755. The summed E-state index contributed by atoms with van der Waals surface area (Å²) in [6.45, 7) is 1.56. The number of aromatic nitrogens is 4. The highest BCUT2D eigenvalue weighted by Gasteiger charge is 2.25. The van der Waals surface area contributed by atoms with Crippen LogP contribution < -0.4 is 5.32 Å². The van der Waals surface area contributed by atoms with Crippen LogP contribution in [0.5, 0.6) is 0 Å². The van der Waals surface area contributed by atoms with E-state index in [4.69, 9.17) is 0 Å². The van der Waals surface area contributed by atoms with Crippen LogP contribution in [0.15, 0.2) is 28.9 Å². The van der Waals surface area contributed by atoms with Gasteiger partial charge in [0.05, 0.1) is 14.2 Å². The van der Waals surface area contributed by atoms with E-state index in [0.29, 0.717) is 22.4 Å². The lowest BCUT2D eigenvalue weighted by Crippen LogP contribution is -1.98. The first-order valence-electron chi connectivity index (χ1n) is 7.56. The van der Waals surface area contributed by atoms with E-state index in [9.17, 15) is 4.79 Å². The van der Waals surface area contributed by atoms with Crippen molar-refractivity contribution in [2.24, 2.45) is 0 Å². The maximum absolute atomic E-state index is 11.5. The third kappa shape index (κ3) is 3.11. The molecule has 0 aromatic carbocycles. The number of aromatic amines is 1. The van der Waals surface area contributed by atoms with Crippen LogP contribution in [-0.2, 0) is 0 Å². The van der Waals surface area contributed by atoms with Gasteiger partial charge in [-0.1, -0.05) is 0 Å². The number of thiophene rings is 1. The SMILES string of the molecule is CC(=O)c1ccc(-c2ncc(Br)c(Nc3cc(C4CC4)[nH]n3)n2)s1.[HH]. The molecule has 6 nitrogen and oxygen atoms in total. The second-order valence-corrected chi connectivity index (χ2v) is 7.66. The summed E-state index contributed by atoms with van der Waals surface area (Å²) in [6, 6.07) is 5.69. The Balaban J connectivity index is 0.00000182. The van der Waals surface area contributed by atoms with E-state index in [-0.39, 0.29) is 7.21 Å². The fourth-order valence-corrected chi connectivity index (χ4v) is 3.48.